The lowest BCUT2D eigenvalue weighted by Gasteiger charge is -2.19. The van der Waals surface area contributed by atoms with E-state index in [9.17, 15) is 9.59 Å². The third kappa shape index (κ3) is 3.02. The van der Waals surface area contributed by atoms with E-state index < -0.39 is 11.6 Å². The monoisotopic (exact) mass is 160 g/mol. The summed E-state index contributed by atoms with van der Waals surface area (Å²) in [4.78, 5) is 20.8. The van der Waals surface area contributed by atoms with Gasteiger partial charge in [0.1, 0.15) is 0 Å². The fourth-order valence-corrected chi connectivity index (χ4v) is 0.473. The minimum absolute atomic E-state index is 0.233. The minimum atomic E-state index is -1.17. The van der Waals surface area contributed by atoms with E-state index in [-0.39, 0.29) is 13.1 Å². The van der Waals surface area contributed by atoms with Crippen molar-refractivity contribution in [3.05, 3.63) is 0 Å². The first-order chi connectivity index (χ1) is 5.04. The van der Waals surface area contributed by atoms with Crippen LogP contribution in [0.15, 0.2) is 0 Å². The van der Waals surface area contributed by atoms with Crippen molar-refractivity contribution < 1.29 is 19.1 Å². The van der Waals surface area contributed by atoms with Crippen molar-refractivity contribution in [2.45, 2.75) is 26.4 Å². The molecule has 0 bridgehead atoms. The van der Waals surface area contributed by atoms with Crippen LogP contribution in [0.3, 0.4) is 0 Å². The first-order valence-corrected chi connectivity index (χ1v) is 3.33. The molecule has 0 aliphatic carbocycles. The second-order valence-electron chi connectivity index (χ2n) is 2.44. The van der Waals surface area contributed by atoms with Gasteiger partial charge in [-0.2, -0.15) is 0 Å². The molecule has 0 aliphatic rings. The van der Waals surface area contributed by atoms with Gasteiger partial charge >= 0.3 is 5.97 Å². The number of carbonyl (C=O) groups excluding carboxylic acids is 2. The molecule has 0 fully saturated rings. The highest BCUT2D eigenvalue weighted by atomic mass is 16.6. The predicted molar refractivity (Wildman–Crippen MR) is 37.9 cm³/mol. The highest BCUT2D eigenvalue weighted by molar-refractivity contribution is 5.79. The maximum atomic E-state index is 10.9. The van der Waals surface area contributed by atoms with Crippen LogP contribution in [0.2, 0.25) is 0 Å². The summed E-state index contributed by atoms with van der Waals surface area (Å²) in [5.74, 6) is -0.535. The van der Waals surface area contributed by atoms with Gasteiger partial charge in [0, 0.05) is 0 Å². The summed E-state index contributed by atoms with van der Waals surface area (Å²) in [7, 11) is 0. The topological polar surface area (TPSA) is 52.6 Å². The molecule has 64 valence electrons. The minimum Gasteiger partial charge on any atom is -0.463 e. The molecule has 0 aromatic heterocycles. The summed E-state index contributed by atoms with van der Waals surface area (Å²) in [6.07, 6.45) is 0. The Kier molecular flexibility index (Phi) is 3.57. The molecule has 0 saturated carbocycles. The third-order valence-corrected chi connectivity index (χ3v) is 1.11. The summed E-state index contributed by atoms with van der Waals surface area (Å²) in [6, 6.07) is 0. The molecule has 4 nitrogen and oxygen atoms in total. The number of rotatable bonds is 4. The highest BCUT2D eigenvalue weighted by Gasteiger charge is 2.30. The van der Waals surface area contributed by atoms with Crippen molar-refractivity contribution in [3.8, 4) is 0 Å². The van der Waals surface area contributed by atoms with Crippen LogP contribution in [0.4, 0.5) is 0 Å². The summed E-state index contributed by atoms with van der Waals surface area (Å²) in [5, 5.41) is 0. The Balaban J connectivity index is 4.05. The van der Waals surface area contributed by atoms with Gasteiger partial charge in [-0.15, -0.1) is 0 Å². The van der Waals surface area contributed by atoms with Gasteiger partial charge in [0.2, 0.25) is 5.60 Å². The van der Waals surface area contributed by atoms with Crippen LogP contribution >= 0.6 is 0 Å². The van der Waals surface area contributed by atoms with Crippen molar-refractivity contribution in [2.24, 2.45) is 0 Å². The van der Waals surface area contributed by atoms with E-state index in [2.05, 4.69) is 9.47 Å². The lowest BCUT2D eigenvalue weighted by Crippen LogP contribution is -2.36. The molecule has 0 N–H and O–H groups in total. The van der Waals surface area contributed by atoms with E-state index in [0.717, 1.165) is 0 Å². The summed E-state index contributed by atoms with van der Waals surface area (Å²) in [6.45, 7) is 5.15. The van der Waals surface area contributed by atoms with Gasteiger partial charge in [-0.1, -0.05) is 0 Å². The standard InChI is InChI=1S/C7H12O4/c1-4-10-6(9)7(2,3)11-5-8/h5H,4H2,1-3H3. The zero-order valence-corrected chi connectivity index (χ0v) is 6.92. The Bertz CT molecular complexity index is 151. The van der Waals surface area contributed by atoms with Crippen molar-refractivity contribution in [1.29, 1.82) is 0 Å². The number of esters is 1. The van der Waals surface area contributed by atoms with Crippen LogP contribution in [0.1, 0.15) is 20.8 Å². The maximum absolute atomic E-state index is 10.9. The van der Waals surface area contributed by atoms with Gasteiger partial charge in [0.05, 0.1) is 6.61 Å². The second-order valence-corrected chi connectivity index (χ2v) is 2.44. The molecule has 0 saturated heterocycles. The largest absolute Gasteiger partial charge is 0.463 e. The van der Waals surface area contributed by atoms with Crippen LogP contribution in [-0.4, -0.2) is 24.6 Å². The molecular formula is C7H12O4. The Hall–Kier alpha value is -1.06. The first kappa shape index (κ1) is 9.94. The predicted octanol–water partition coefficient (Wildman–Crippen LogP) is 0.501. The molecule has 0 rings (SSSR count). The number of hydrogen-bond acceptors (Lipinski definition) is 4. The Labute approximate surface area is 65.5 Å². The lowest BCUT2D eigenvalue weighted by atomic mass is 10.1. The molecule has 0 amide bonds. The van der Waals surface area contributed by atoms with E-state index in [0.29, 0.717) is 0 Å². The molecule has 4 heteroatoms. The van der Waals surface area contributed by atoms with Gasteiger partial charge in [0.15, 0.2) is 0 Å². The van der Waals surface area contributed by atoms with Crippen LogP contribution < -0.4 is 0 Å². The molecule has 0 unspecified atom stereocenters. The smallest absolute Gasteiger partial charge is 0.349 e. The average molecular weight is 160 g/mol. The molecule has 0 radical (unpaired) electrons. The van der Waals surface area contributed by atoms with Crippen LogP contribution in [0.5, 0.6) is 0 Å². The molecule has 0 spiro atoms. The molecule has 0 aromatic rings. The molecule has 0 heterocycles. The fraction of sp³-hybridized carbons (Fsp3) is 0.714. The summed E-state index contributed by atoms with van der Waals surface area (Å²) in [5.41, 5.74) is -1.17. The first-order valence-electron chi connectivity index (χ1n) is 3.33. The Morgan fingerprint density at radius 1 is 1.55 bits per heavy atom. The fourth-order valence-electron chi connectivity index (χ4n) is 0.473. The maximum Gasteiger partial charge on any atom is 0.349 e. The number of hydrogen-bond donors (Lipinski definition) is 0. The van der Waals surface area contributed by atoms with E-state index in [1.807, 2.05) is 0 Å². The Morgan fingerprint density at radius 3 is 2.45 bits per heavy atom. The van der Waals surface area contributed by atoms with Gasteiger partial charge < -0.3 is 9.47 Å². The van der Waals surface area contributed by atoms with Crippen molar-refractivity contribution in [2.75, 3.05) is 6.61 Å². The molecule has 0 atom stereocenters. The van der Waals surface area contributed by atoms with Crippen LogP contribution in [-0.2, 0) is 19.1 Å². The number of ether oxygens (including phenoxy) is 2. The van der Waals surface area contributed by atoms with Gasteiger partial charge in [-0.25, -0.2) is 4.79 Å². The van der Waals surface area contributed by atoms with E-state index >= 15 is 0 Å². The lowest BCUT2D eigenvalue weighted by molar-refractivity contribution is -0.171. The van der Waals surface area contributed by atoms with Crippen LogP contribution in [0, 0.1) is 0 Å². The summed E-state index contributed by atoms with van der Waals surface area (Å²) < 4.78 is 9.12. The van der Waals surface area contributed by atoms with E-state index in [1.54, 1.807) is 6.92 Å². The summed E-state index contributed by atoms with van der Waals surface area (Å²) >= 11 is 0. The number of carbonyl (C=O) groups is 2. The normalized spacial score (nSPS) is 10.5. The quantitative estimate of drug-likeness (QED) is 0.444. The third-order valence-electron chi connectivity index (χ3n) is 1.11. The molecular weight excluding hydrogens is 148 g/mol. The molecule has 0 aliphatic heterocycles. The molecule has 11 heavy (non-hydrogen) atoms. The van der Waals surface area contributed by atoms with Gasteiger partial charge in [-0.3, -0.25) is 4.79 Å². The highest BCUT2D eigenvalue weighted by Crippen LogP contribution is 2.09. The van der Waals surface area contributed by atoms with Crippen molar-refractivity contribution in [1.82, 2.24) is 0 Å². The van der Waals surface area contributed by atoms with Crippen molar-refractivity contribution in [3.63, 3.8) is 0 Å². The van der Waals surface area contributed by atoms with Gasteiger partial charge in [-0.05, 0) is 20.8 Å². The van der Waals surface area contributed by atoms with Gasteiger partial charge in [0.25, 0.3) is 6.47 Å². The average Bonchev–Trinajstić information content (AvgIpc) is 1.88. The zero-order valence-electron chi connectivity index (χ0n) is 6.92. The zero-order chi connectivity index (χ0) is 8.91. The van der Waals surface area contributed by atoms with Crippen molar-refractivity contribution >= 4 is 12.4 Å². The Morgan fingerprint density at radius 2 is 2.09 bits per heavy atom. The SMILES string of the molecule is CCOC(=O)C(C)(C)OC=O. The molecule has 0 aromatic carbocycles. The van der Waals surface area contributed by atoms with E-state index in [1.165, 1.54) is 13.8 Å². The second kappa shape index (κ2) is 3.95. The van der Waals surface area contributed by atoms with Crippen LogP contribution in [0.25, 0.3) is 0 Å². The van der Waals surface area contributed by atoms with E-state index in [4.69, 9.17) is 0 Å².